The van der Waals surface area contributed by atoms with Crippen LogP contribution in [0.4, 0.5) is 5.69 Å². The first-order chi connectivity index (χ1) is 11.3. The number of nitro benzene ring substituents is 1. The molecule has 0 saturated carbocycles. The number of carbonyl (C=O) groups is 1. The Kier molecular flexibility index (Phi) is 5.04. The van der Waals surface area contributed by atoms with Gasteiger partial charge >= 0.3 is 5.97 Å². The minimum absolute atomic E-state index is 0.0711. The van der Waals surface area contributed by atoms with E-state index in [1.807, 2.05) is 0 Å². The van der Waals surface area contributed by atoms with E-state index in [1.165, 1.54) is 7.11 Å². The molecule has 1 heterocycles. The number of nitrogens with one attached hydrogen (secondary N) is 1. The van der Waals surface area contributed by atoms with Crippen molar-refractivity contribution < 1.29 is 24.7 Å². The predicted octanol–water partition coefficient (Wildman–Crippen LogP) is 1.95. The molecule has 2 rings (SSSR count). The summed E-state index contributed by atoms with van der Waals surface area (Å²) >= 11 is 0.735. The van der Waals surface area contributed by atoms with Gasteiger partial charge < -0.3 is 14.9 Å². The molecule has 10 nitrogen and oxygen atoms in total. The van der Waals surface area contributed by atoms with E-state index in [1.54, 1.807) is 6.92 Å². The van der Waals surface area contributed by atoms with Crippen molar-refractivity contribution in [3.8, 4) is 11.5 Å². The third-order valence-corrected chi connectivity index (χ3v) is 3.67. The predicted molar refractivity (Wildman–Crippen MR) is 83.9 cm³/mol. The van der Waals surface area contributed by atoms with Gasteiger partial charge in [0, 0.05) is 11.6 Å². The fourth-order valence-electron chi connectivity index (χ4n) is 1.73. The zero-order valence-corrected chi connectivity index (χ0v) is 13.3. The van der Waals surface area contributed by atoms with Crippen LogP contribution in [0.15, 0.2) is 22.2 Å². The third kappa shape index (κ3) is 3.81. The quantitative estimate of drug-likeness (QED) is 0.306. The van der Waals surface area contributed by atoms with Gasteiger partial charge in [0.1, 0.15) is 10.7 Å². The maximum absolute atomic E-state index is 11.4. The Labute approximate surface area is 139 Å². The van der Waals surface area contributed by atoms with Crippen molar-refractivity contribution in [3.63, 3.8) is 0 Å². The number of phenols is 1. The van der Waals surface area contributed by atoms with Crippen LogP contribution in [0.1, 0.15) is 11.4 Å². The lowest BCUT2D eigenvalue weighted by atomic mass is 10.1. The molecular formula is C13H12N4O6S. The van der Waals surface area contributed by atoms with E-state index >= 15 is 0 Å². The van der Waals surface area contributed by atoms with Crippen molar-refractivity contribution in [2.24, 2.45) is 0 Å². The Hall–Kier alpha value is -3.08. The van der Waals surface area contributed by atoms with Crippen LogP contribution in [0.25, 0.3) is 6.08 Å². The normalized spacial score (nSPS) is 11.3. The largest absolute Gasteiger partial charge is 0.504 e. The first kappa shape index (κ1) is 17.3. The number of carboxylic acids is 1. The van der Waals surface area contributed by atoms with Gasteiger partial charge in [-0.3, -0.25) is 15.2 Å². The summed E-state index contributed by atoms with van der Waals surface area (Å²) in [5.41, 5.74) is -0.419. The first-order valence-corrected chi connectivity index (χ1v) is 7.20. The number of aromatic nitrogens is 3. The molecule has 0 bridgehead atoms. The van der Waals surface area contributed by atoms with Gasteiger partial charge in [-0.25, -0.2) is 9.78 Å². The van der Waals surface area contributed by atoms with Gasteiger partial charge in [0.2, 0.25) is 5.16 Å². The number of non-ortho nitro benzene ring substituents is 1. The molecule has 0 fully saturated rings. The number of carboxylic acid groups (broad SMARTS) is 1. The number of aliphatic carboxylic acids is 1. The van der Waals surface area contributed by atoms with Crippen LogP contribution in [-0.2, 0) is 4.79 Å². The Morgan fingerprint density at radius 2 is 2.21 bits per heavy atom. The van der Waals surface area contributed by atoms with Gasteiger partial charge in [-0.1, -0.05) is 0 Å². The molecule has 0 unspecified atom stereocenters. The first-order valence-electron chi connectivity index (χ1n) is 6.39. The van der Waals surface area contributed by atoms with E-state index in [4.69, 9.17) is 4.74 Å². The summed E-state index contributed by atoms with van der Waals surface area (Å²) in [6.07, 6.45) is 1.09. The highest BCUT2D eigenvalue weighted by Crippen LogP contribution is 2.37. The number of aromatic amines is 1. The summed E-state index contributed by atoms with van der Waals surface area (Å²) in [4.78, 5) is 25.4. The van der Waals surface area contributed by atoms with Crippen molar-refractivity contribution in [3.05, 3.63) is 38.5 Å². The lowest BCUT2D eigenvalue weighted by Crippen LogP contribution is -1.98. The molecule has 126 valence electrons. The molecule has 1 aromatic heterocycles. The zero-order chi connectivity index (χ0) is 17.9. The van der Waals surface area contributed by atoms with Gasteiger partial charge in [0.25, 0.3) is 5.69 Å². The number of aromatic hydroxyl groups is 1. The molecule has 0 aliphatic carbocycles. The van der Waals surface area contributed by atoms with Gasteiger partial charge in [0.05, 0.1) is 18.1 Å². The lowest BCUT2D eigenvalue weighted by molar-refractivity contribution is -0.385. The molecule has 11 heteroatoms. The molecule has 0 atom stereocenters. The molecule has 0 spiro atoms. The topological polar surface area (TPSA) is 151 Å². The molecule has 0 radical (unpaired) electrons. The van der Waals surface area contributed by atoms with Crippen LogP contribution >= 0.6 is 11.8 Å². The Bertz CT molecular complexity index is 832. The van der Waals surface area contributed by atoms with Crippen LogP contribution in [0.5, 0.6) is 11.5 Å². The van der Waals surface area contributed by atoms with E-state index in [2.05, 4.69) is 15.2 Å². The van der Waals surface area contributed by atoms with Crippen LogP contribution in [0.2, 0.25) is 0 Å². The van der Waals surface area contributed by atoms with Crippen molar-refractivity contribution in [2.45, 2.75) is 12.1 Å². The number of phenolic OH excluding ortho intramolecular Hbond substituents is 1. The molecule has 0 amide bonds. The second kappa shape index (κ2) is 7.00. The number of H-pyrrole nitrogens is 1. The minimum atomic E-state index is -1.30. The number of benzene rings is 1. The summed E-state index contributed by atoms with van der Waals surface area (Å²) in [7, 11) is 1.23. The monoisotopic (exact) mass is 352 g/mol. The second-order valence-electron chi connectivity index (χ2n) is 4.46. The number of nitrogens with zero attached hydrogens (tertiary/aromatic N) is 3. The maximum Gasteiger partial charge on any atom is 0.342 e. The van der Waals surface area contributed by atoms with Gasteiger partial charge in [-0.15, -0.1) is 5.10 Å². The number of methoxy groups -OCH3 is 1. The number of hydrogen-bond acceptors (Lipinski definition) is 8. The van der Waals surface area contributed by atoms with E-state index in [0.717, 1.165) is 30.0 Å². The summed E-state index contributed by atoms with van der Waals surface area (Å²) in [6.45, 7) is 1.65. The summed E-state index contributed by atoms with van der Waals surface area (Å²) < 4.78 is 4.87. The van der Waals surface area contributed by atoms with E-state index in [-0.39, 0.29) is 27.1 Å². The number of thioether (sulfide) groups is 1. The smallest absolute Gasteiger partial charge is 0.342 e. The third-order valence-electron chi connectivity index (χ3n) is 2.80. The molecular weight excluding hydrogens is 340 g/mol. The molecule has 24 heavy (non-hydrogen) atoms. The van der Waals surface area contributed by atoms with Gasteiger partial charge in [0.15, 0.2) is 11.5 Å². The van der Waals surface area contributed by atoms with E-state index in [0.29, 0.717) is 5.82 Å². The maximum atomic E-state index is 11.4. The molecule has 2 aromatic rings. The van der Waals surface area contributed by atoms with Gasteiger partial charge in [-0.05, 0) is 24.8 Å². The lowest BCUT2D eigenvalue weighted by Gasteiger charge is -2.07. The highest BCUT2D eigenvalue weighted by Gasteiger charge is 2.19. The second-order valence-corrected chi connectivity index (χ2v) is 5.47. The number of nitro groups is 1. The number of ether oxygens (including phenoxy) is 1. The van der Waals surface area contributed by atoms with Crippen molar-refractivity contribution in [1.29, 1.82) is 0 Å². The van der Waals surface area contributed by atoms with Crippen LogP contribution in [-0.4, -0.2) is 43.4 Å². The van der Waals surface area contributed by atoms with Crippen molar-refractivity contribution in [1.82, 2.24) is 15.2 Å². The molecule has 0 aliphatic heterocycles. The molecule has 0 saturated heterocycles. The molecule has 0 aliphatic rings. The van der Waals surface area contributed by atoms with E-state index in [9.17, 15) is 25.1 Å². The van der Waals surface area contributed by atoms with Crippen LogP contribution < -0.4 is 4.74 Å². The van der Waals surface area contributed by atoms with Crippen LogP contribution in [0.3, 0.4) is 0 Å². The van der Waals surface area contributed by atoms with E-state index < -0.39 is 16.6 Å². The summed E-state index contributed by atoms with van der Waals surface area (Å²) in [6, 6.07) is 2.09. The fraction of sp³-hybridized carbons (Fsp3) is 0.154. The minimum Gasteiger partial charge on any atom is -0.504 e. The van der Waals surface area contributed by atoms with Gasteiger partial charge in [-0.2, -0.15) is 0 Å². The highest BCUT2D eigenvalue weighted by molar-refractivity contribution is 8.04. The summed E-state index contributed by atoms with van der Waals surface area (Å²) in [5, 5.41) is 36.9. The van der Waals surface area contributed by atoms with Crippen molar-refractivity contribution >= 4 is 29.5 Å². The number of hydrogen-bond donors (Lipinski definition) is 3. The SMILES string of the molecule is COc1cc([N+](=O)[O-])cc(/C=C(/Sc2n[nH]c(C)n2)C(=O)O)c1O. The van der Waals surface area contributed by atoms with Crippen LogP contribution in [0, 0.1) is 17.0 Å². The highest BCUT2D eigenvalue weighted by atomic mass is 32.2. The fourth-order valence-corrected chi connectivity index (χ4v) is 2.47. The number of aryl methyl sites for hydroxylation is 1. The summed E-state index contributed by atoms with van der Waals surface area (Å²) in [5.74, 6) is -1.35. The molecule has 1 aromatic carbocycles. The average molecular weight is 352 g/mol. The Balaban J connectivity index is 2.50. The number of rotatable bonds is 6. The zero-order valence-electron chi connectivity index (χ0n) is 12.5. The Morgan fingerprint density at radius 1 is 1.50 bits per heavy atom. The molecule has 3 N–H and O–H groups in total. The Morgan fingerprint density at radius 3 is 2.71 bits per heavy atom. The standard InChI is InChI=1S/C13H12N4O6S/c1-6-14-13(16-15-6)24-10(12(19)20)4-7-3-8(17(21)22)5-9(23-2)11(7)18/h3-5,18H,1-2H3,(H,19,20)(H,14,15,16)/b10-4+. The average Bonchev–Trinajstić information content (AvgIpc) is 2.93. The van der Waals surface area contributed by atoms with Crippen molar-refractivity contribution in [2.75, 3.05) is 7.11 Å².